The average molecular weight is 482 g/mol. The lowest BCUT2D eigenvalue weighted by Crippen LogP contribution is -1.92. The number of hydrogen-bond acceptors (Lipinski definition) is 3. The van der Waals surface area contributed by atoms with Gasteiger partial charge in [0.15, 0.2) is 0 Å². The lowest BCUT2D eigenvalue weighted by molar-refractivity contribution is 0.409. The van der Waals surface area contributed by atoms with Gasteiger partial charge in [0.25, 0.3) is 0 Å². The summed E-state index contributed by atoms with van der Waals surface area (Å²) in [6.07, 6.45) is 0. The van der Waals surface area contributed by atoms with Gasteiger partial charge in [-0.15, -0.1) is 0 Å². The Morgan fingerprint density at radius 2 is 1.16 bits per heavy atom. The smallest absolute Gasteiger partial charge is 0.141 e. The van der Waals surface area contributed by atoms with E-state index in [1.807, 2.05) is 36.4 Å². The van der Waals surface area contributed by atoms with Crippen LogP contribution in [0, 0.1) is 7.14 Å². The van der Waals surface area contributed by atoms with Crippen LogP contribution in [-0.4, -0.2) is 14.2 Å². The Bertz CT molecular complexity index is 533. The molecule has 19 heavy (non-hydrogen) atoms. The Balaban J connectivity index is 2.26. The van der Waals surface area contributed by atoms with Crippen molar-refractivity contribution in [1.29, 1.82) is 0 Å². The lowest BCUT2D eigenvalue weighted by atomic mass is 10.3. The monoisotopic (exact) mass is 482 g/mol. The Morgan fingerprint density at radius 3 is 1.47 bits per heavy atom. The first kappa shape index (κ1) is 14.7. The van der Waals surface area contributed by atoms with Crippen molar-refractivity contribution in [2.45, 2.75) is 0 Å². The van der Waals surface area contributed by atoms with Gasteiger partial charge in [-0.1, -0.05) is 0 Å². The molecular formula is C14H12I2O3. The van der Waals surface area contributed by atoms with E-state index >= 15 is 0 Å². The second-order valence-electron chi connectivity index (χ2n) is 3.69. The first-order chi connectivity index (χ1) is 9.13. The van der Waals surface area contributed by atoms with Crippen molar-refractivity contribution in [2.24, 2.45) is 0 Å². The molecule has 0 N–H and O–H groups in total. The molecule has 2 aromatic rings. The summed E-state index contributed by atoms with van der Waals surface area (Å²) in [5, 5.41) is 0. The van der Waals surface area contributed by atoms with Gasteiger partial charge in [-0.2, -0.15) is 0 Å². The van der Waals surface area contributed by atoms with Crippen molar-refractivity contribution in [2.75, 3.05) is 14.2 Å². The number of halogens is 2. The van der Waals surface area contributed by atoms with Gasteiger partial charge in [-0.05, 0) is 81.6 Å². The van der Waals surface area contributed by atoms with Gasteiger partial charge < -0.3 is 14.2 Å². The molecule has 0 atom stereocenters. The van der Waals surface area contributed by atoms with Crippen LogP contribution in [0.4, 0.5) is 0 Å². The second kappa shape index (κ2) is 6.65. The normalized spacial score (nSPS) is 10.1. The van der Waals surface area contributed by atoms with Crippen LogP contribution in [0.3, 0.4) is 0 Å². The van der Waals surface area contributed by atoms with Crippen LogP contribution in [0.15, 0.2) is 36.4 Å². The van der Waals surface area contributed by atoms with Crippen molar-refractivity contribution in [3.8, 4) is 23.0 Å². The average Bonchev–Trinajstić information content (AvgIpc) is 2.42. The van der Waals surface area contributed by atoms with Gasteiger partial charge in [-0.3, -0.25) is 0 Å². The molecular weight excluding hydrogens is 470 g/mol. The molecule has 0 unspecified atom stereocenters. The highest BCUT2D eigenvalue weighted by atomic mass is 127. The largest absolute Gasteiger partial charge is 0.497 e. The zero-order valence-corrected chi connectivity index (χ0v) is 14.8. The predicted molar refractivity (Wildman–Crippen MR) is 91.5 cm³/mol. The van der Waals surface area contributed by atoms with Crippen LogP contribution >= 0.6 is 45.2 Å². The molecule has 0 aliphatic heterocycles. The first-order valence-corrected chi connectivity index (χ1v) is 7.64. The van der Waals surface area contributed by atoms with E-state index in [1.54, 1.807) is 14.2 Å². The summed E-state index contributed by atoms with van der Waals surface area (Å²) in [7, 11) is 3.30. The van der Waals surface area contributed by atoms with E-state index < -0.39 is 0 Å². The van der Waals surface area contributed by atoms with E-state index in [-0.39, 0.29) is 0 Å². The van der Waals surface area contributed by atoms with Crippen LogP contribution < -0.4 is 14.2 Å². The topological polar surface area (TPSA) is 27.7 Å². The molecule has 100 valence electrons. The third-order valence-electron chi connectivity index (χ3n) is 2.50. The summed E-state index contributed by atoms with van der Waals surface area (Å²) in [6, 6.07) is 11.4. The number of methoxy groups -OCH3 is 2. The lowest BCUT2D eigenvalue weighted by Gasteiger charge is -2.11. The van der Waals surface area contributed by atoms with Crippen molar-refractivity contribution < 1.29 is 14.2 Å². The minimum atomic E-state index is 0.810. The summed E-state index contributed by atoms with van der Waals surface area (Å²) in [5.74, 6) is 3.26. The highest BCUT2D eigenvalue weighted by Gasteiger charge is 2.08. The standard InChI is InChI=1S/C14H12I2O3/c1-17-9-3-5-13(11(15)7-9)19-14-6-4-10(18-2)8-12(14)16/h3-8H,1-2H3. The van der Waals surface area contributed by atoms with Gasteiger partial charge in [0.2, 0.25) is 0 Å². The van der Waals surface area contributed by atoms with Crippen LogP contribution in [-0.2, 0) is 0 Å². The number of rotatable bonds is 4. The van der Waals surface area contributed by atoms with E-state index in [1.165, 1.54) is 0 Å². The summed E-state index contributed by atoms with van der Waals surface area (Å²) in [4.78, 5) is 0. The molecule has 0 radical (unpaired) electrons. The molecule has 0 saturated heterocycles. The Hall–Kier alpha value is -0.700. The molecule has 0 aliphatic carbocycles. The van der Waals surface area contributed by atoms with Crippen LogP contribution in [0.25, 0.3) is 0 Å². The van der Waals surface area contributed by atoms with E-state index in [0.29, 0.717) is 0 Å². The van der Waals surface area contributed by atoms with E-state index in [0.717, 1.165) is 30.1 Å². The fourth-order valence-corrected chi connectivity index (χ4v) is 2.69. The van der Waals surface area contributed by atoms with E-state index in [4.69, 9.17) is 14.2 Å². The molecule has 2 rings (SSSR count). The van der Waals surface area contributed by atoms with Crippen LogP contribution in [0.2, 0.25) is 0 Å². The van der Waals surface area contributed by atoms with Crippen molar-refractivity contribution in [1.82, 2.24) is 0 Å². The summed E-state index contributed by atoms with van der Waals surface area (Å²) >= 11 is 4.46. The molecule has 5 heteroatoms. The zero-order valence-electron chi connectivity index (χ0n) is 10.4. The molecule has 0 spiro atoms. The maximum absolute atomic E-state index is 5.91. The molecule has 3 nitrogen and oxygen atoms in total. The fourth-order valence-electron chi connectivity index (χ4n) is 1.50. The molecule has 0 bridgehead atoms. The molecule has 2 aromatic carbocycles. The van der Waals surface area contributed by atoms with Crippen molar-refractivity contribution in [3.63, 3.8) is 0 Å². The van der Waals surface area contributed by atoms with Crippen molar-refractivity contribution in [3.05, 3.63) is 43.5 Å². The Kier molecular flexibility index (Phi) is 5.14. The van der Waals surface area contributed by atoms with Crippen LogP contribution in [0.5, 0.6) is 23.0 Å². The van der Waals surface area contributed by atoms with Gasteiger partial charge >= 0.3 is 0 Å². The van der Waals surface area contributed by atoms with Gasteiger partial charge in [0.05, 0.1) is 21.4 Å². The van der Waals surface area contributed by atoms with Crippen molar-refractivity contribution >= 4 is 45.2 Å². The summed E-state index contributed by atoms with van der Waals surface area (Å²) in [6.45, 7) is 0. The van der Waals surface area contributed by atoms with E-state index in [2.05, 4.69) is 45.2 Å². The van der Waals surface area contributed by atoms with Gasteiger partial charge in [-0.25, -0.2) is 0 Å². The highest BCUT2D eigenvalue weighted by Crippen LogP contribution is 2.33. The van der Waals surface area contributed by atoms with E-state index in [9.17, 15) is 0 Å². The van der Waals surface area contributed by atoms with Crippen LogP contribution in [0.1, 0.15) is 0 Å². The van der Waals surface area contributed by atoms with Gasteiger partial charge in [0, 0.05) is 0 Å². The minimum absolute atomic E-state index is 0.810. The zero-order chi connectivity index (χ0) is 13.8. The molecule has 0 amide bonds. The molecule has 0 aromatic heterocycles. The Labute approximate surface area is 139 Å². The second-order valence-corrected chi connectivity index (χ2v) is 6.02. The SMILES string of the molecule is COc1ccc(Oc2ccc(OC)cc2I)c(I)c1. The predicted octanol–water partition coefficient (Wildman–Crippen LogP) is 4.71. The fraction of sp³-hybridized carbons (Fsp3) is 0.143. The molecule has 0 fully saturated rings. The quantitative estimate of drug-likeness (QED) is 0.592. The maximum Gasteiger partial charge on any atom is 0.141 e. The summed E-state index contributed by atoms with van der Waals surface area (Å²) < 4.78 is 18.3. The first-order valence-electron chi connectivity index (χ1n) is 5.49. The molecule has 0 saturated carbocycles. The third kappa shape index (κ3) is 3.65. The Morgan fingerprint density at radius 1 is 0.737 bits per heavy atom. The number of ether oxygens (including phenoxy) is 3. The maximum atomic E-state index is 5.91. The third-order valence-corrected chi connectivity index (χ3v) is 4.18. The van der Waals surface area contributed by atoms with Gasteiger partial charge in [0.1, 0.15) is 23.0 Å². The highest BCUT2D eigenvalue weighted by molar-refractivity contribution is 14.1. The molecule has 0 aliphatic rings. The number of hydrogen-bond donors (Lipinski definition) is 0. The molecule has 0 heterocycles. The number of benzene rings is 2. The minimum Gasteiger partial charge on any atom is -0.497 e. The summed E-state index contributed by atoms with van der Waals surface area (Å²) in [5.41, 5.74) is 0.